The molecule has 0 aliphatic carbocycles. The van der Waals surface area contributed by atoms with Crippen LogP contribution in [0.15, 0.2) is 57.5 Å². The number of anilines is 1. The van der Waals surface area contributed by atoms with Crippen molar-refractivity contribution in [2.45, 2.75) is 6.42 Å². The normalized spacial score (nSPS) is 10.7. The molecular formula is C15H12BrN3O. The number of halogens is 1. The zero-order chi connectivity index (χ0) is 13.9. The Balaban J connectivity index is 1.89. The molecule has 1 aromatic heterocycles. The Hall–Kier alpha value is -2.14. The summed E-state index contributed by atoms with van der Waals surface area (Å²) in [5.74, 6) is 1.08. The van der Waals surface area contributed by atoms with E-state index in [1.165, 1.54) is 0 Å². The van der Waals surface area contributed by atoms with Gasteiger partial charge in [-0.2, -0.15) is 4.98 Å². The molecule has 2 N–H and O–H groups in total. The summed E-state index contributed by atoms with van der Waals surface area (Å²) in [6.45, 7) is 0. The maximum atomic E-state index is 6.00. The molecule has 2 aromatic carbocycles. The molecule has 0 bridgehead atoms. The summed E-state index contributed by atoms with van der Waals surface area (Å²) < 4.78 is 6.11. The molecule has 4 nitrogen and oxygen atoms in total. The predicted molar refractivity (Wildman–Crippen MR) is 81.1 cm³/mol. The molecule has 5 heteroatoms. The standard InChI is InChI=1S/C15H12BrN3O/c16-12-8-4-7-11(14(12)17)15-18-13(19-20-15)9-10-5-2-1-3-6-10/h1-8H,9,17H2. The quantitative estimate of drug-likeness (QED) is 0.744. The summed E-state index contributed by atoms with van der Waals surface area (Å²) in [4.78, 5) is 4.40. The first-order chi connectivity index (χ1) is 9.74. The number of rotatable bonds is 3. The number of nitrogens with two attached hydrogens (primary N) is 1. The first kappa shape index (κ1) is 12.9. The number of nitrogens with zero attached hydrogens (tertiary/aromatic N) is 2. The van der Waals surface area contributed by atoms with Crippen LogP contribution in [0, 0.1) is 0 Å². The van der Waals surface area contributed by atoms with Crippen molar-refractivity contribution < 1.29 is 4.52 Å². The molecule has 0 aliphatic heterocycles. The summed E-state index contributed by atoms with van der Waals surface area (Å²) in [5, 5.41) is 4.00. The highest BCUT2D eigenvalue weighted by Crippen LogP contribution is 2.30. The van der Waals surface area contributed by atoms with Gasteiger partial charge in [-0.25, -0.2) is 0 Å². The van der Waals surface area contributed by atoms with Gasteiger partial charge in [0.1, 0.15) is 0 Å². The number of benzene rings is 2. The van der Waals surface area contributed by atoms with Crippen LogP contribution in [0.25, 0.3) is 11.5 Å². The lowest BCUT2D eigenvalue weighted by Gasteiger charge is -2.01. The van der Waals surface area contributed by atoms with E-state index in [0.717, 1.165) is 15.6 Å². The molecule has 0 saturated heterocycles. The Morgan fingerprint density at radius 2 is 1.85 bits per heavy atom. The molecule has 3 aromatic rings. The van der Waals surface area contributed by atoms with Crippen LogP contribution in [0.4, 0.5) is 5.69 Å². The molecule has 0 radical (unpaired) electrons. The highest BCUT2D eigenvalue weighted by molar-refractivity contribution is 9.10. The molecule has 0 spiro atoms. The summed E-state index contributed by atoms with van der Waals surface area (Å²) in [6, 6.07) is 15.6. The minimum Gasteiger partial charge on any atom is -0.397 e. The van der Waals surface area contributed by atoms with Crippen molar-refractivity contribution >= 4 is 21.6 Å². The zero-order valence-electron chi connectivity index (χ0n) is 10.6. The fraction of sp³-hybridized carbons (Fsp3) is 0.0667. The molecule has 100 valence electrons. The Morgan fingerprint density at radius 3 is 2.65 bits per heavy atom. The van der Waals surface area contributed by atoms with E-state index >= 15 is 0 Å². The smallest absolute Gasteiger partial charge is 0.260 e. The second-order valence-electron chi connectivity index (χ2n) is 4.38. The highest BCUT2D eigenvalue weighted by atomic mass is 79.9. The Bertz CT molecular complexity index is 725. The predicted octanol–water partition coefficient (Wildman–Crippen LogP) is 3.67. The van der Waals surface area contributed by atoms with E-state index in [2.05, 4.69) is 26.1 Å². The SMILES string of the molecule is Nc1c(Br)cccc1-c1nc(Cc2ccccc2)no1. The van der Waals surface area contributed by atoms with Crippen LogP contribution in [-0.2, 0) is 6.42 Å². The summed E-state index contributed by atoms with van der Waals surface area (Å²) in [6.07, 6.45) is 0.637. The van der Waals surface area contributed by atoms with Gasteiger partial charge in [0.05, 0.1) is 11.3 Å². The lowest BCUT2D eigenvalue weighted by Crippen LogP contribution is -1.93. The van der Waals surface area contributed by atoms with Crippen LogP contribution in [0.2, 0.25) is 0 Å². The fourth-order valence-electron chi connectivity index (χ4n) is 1.94. The van der Waals surface area contributed by atoms with Gasteiger partial charge in [-0.05, 0) is 33.6 Å². The molecule has 0 aliphatic rings. The summed E-state index contributed by atoms with van der Waals surface area (Å²) in [5.41, 5.74) is 8.48. The third kappa shape index (κ3) is 2.58. The van der Waals surface area contributed by atoms with Gasteiger partial charge in [0.2, 0.25) is 0 Å². The van der Waals surface area contributed by atoms with Crippen molar-refractivity contribution in [2.24, 2.45) is 0 Å². The molecule has 20 heavy (non-hydrogen) atoms. The first-order valence-corrected chi connectivity index (χ1v) is 6.94. The maximum absolute atomic E-state index is 6.00. The average Bonchev–Trinajstić information content (AvgIpc) is 2.91. The second-order valence-corrected chi connectivity index (χ2v) is 5.23. The van der Waals surface area contributed by atoms with Gasteiger partial charge in [0.25, 0.3) is 5.89 Å². The van der Waals surface area contributed by atoms with Crippen molar-refractivity contribution in [1.29, 1.82) is 0 Å². The van der Waals surface area contributed by atoms with Crippen molar-refractivity contribution in [3.8, 4) is 11.5 Å². The van der Waals surface area contributed by atoms with E-state index in [-0.39, 0.29) is 0 Å². The van der Waals surface area contributed by atoms with Crippen molar-refractivity contribution in [1.82, 2.24) is 10.1 Å². The minimum absolute atomic E-state index is 0.440. The van der Waals surface area contributed by atoms with Gasteiger partial charge in [0.15, 0.2) is 5.82 Å². The van der Waals surface area contributed by atoms with E-state index in [9.17, 15) is 0 Å². The number of nitrogen functional groups attached to an aromatic ring is 1. The molecule has 0 fully saturated rings. The zero-order valence-corrected chi connectivity index (χ0v) is 12.2. The van der Waals surface area contributed by atoms with Crippen LogP contribution in [-0.4, -0.2) is 10.1 Å². The molecule has 0 unspecified atom stereocenters. The van der Waals surface area contributed by atoms with Crippen LogP contribution in [0.1, 0.15) is 11.4 Å². The maximum Gasteiger partial charge on any atom is 0.260 e. The van der Waals surface area contributed by atoms with E-state index in [0.29, 0.717) is 23.8 Å². The Morgan fingerprint density at radius 1 is 1.05 bits per heavy atom. The van der Waals surface area contributed by atoms with E-state index in [4.69, 9.17) is 10.3 Å². The van der Waals surface area contributed by atoms with Gasteiger partial charge >= 0.3 is 0 Å². The lowest BCUT2D eigenvalue weighted by atomic mass is 10.1. The van der Waals surface area contributed by atoms with Gasteiger partial charge < -0.3 is 10.3 Å². The molecule has 1 heterocycles. The Labute approximate surface area is 124 Å². The number of hydrogen-bond acceptors (Lipinski definition) is 4. The van der Waals surface area contributed by atoms with E-state index in [1.54, 1.807) is 0 Å². The number of para-hydroxylation sites is 1. The number of aromatic nitrogens is 2. The van der Waals surface area contributed by atoms with Crippen LogP contribution >= 0.6 is 15.9 Å². The van der Waals surface area contributed by atoms with Crippen LogP contribution in [0.5, 0.6) is 0 Å². The number of hydrogen-bond donors (Lipinski definition) is 1. The van der Waals surface area contributed by atoms with Gasteiger partial charge in [-0.15, -0.1) is 0 Å². The summed E-state index contributed by atoms with van der Waals surface area (Å²) in [7, 11) is 0. The monoisotopic (exact) mass is 329 g/mol. The van der Waals surface area contributed by atoms with Crippen LogP contribution < -0.4 is 5.73 Å². The van der Waals surface area contributed by atoms with Gasteiger partial charge in [0, 0.05) is 10.9 Å². The van der Waals surface area contributed by atoms with Gasteiger partial charge in [-0.3, -0.25) is 0 Å². The molecule has 0 saturated carbocycles. The highest BCUT2D eigenvalue weighted by Gasteiger charge is 2.13. The van der Waals surface area contributed by atoms with Crippen molar-refractivity contribution in [3.63, 3.8) is 0 Å². The Kier molecular flexibility index (Phi) is 3.52. The largest absolute Gasteiger partial charge is 0.397 e. The van der Waals surface area contributed by atoms with Gasteiger partial charge in [-0.1, -0.05) is 41.6 Å². The average molecular weight is 330 g/mol. The van der Waals surface area contributed by atoms with E-state index < -0.39 is 0 Å². The lowest BCUT2D eigenvalue weighted by molar-refractivity contribution is 0.424. The minimum atomic E-state index is 0.440. The molecule has 0 atom stereocenters. The molecule has 3 rings (SSSR count). The van der Waals surface area contributed by atoms with Crippen molar-refractivity contribution in [2.75, 3.05) is 5.73 Å². The van der Waals surface area contributed by atoms with E-state index in [1.807, 2.05) is 48.5 Å². The first-order valence-electron chi connectivity index (χ1n) is 6.15. The summed E-state index contributed by atoms with van der Waals surface area (Å²) >= 11 is 3.39. The third-order valence-corrected chi connectivity index (χ3v) is 3.65. The molecule has 0 amide bonds. The topological polar surface area (TPSA) is 64.9 Å². The fourth-order valence-corrected chi connectivity index (χ4v) is 2.30. The molecular weight excluding hydrogens is 318 g/mol. The second kappa shape index (κ2) is 5.46. The van der Waals surface area contributed by atoms with Crippen molar-refractivity contribution in [3.05, 3.63) is 64.4 Å². The third-order valence-electron chi connectivity index (χ3n) is 2.96. The van der Waals surface area contributed by atoms with Crippen LogP contribution in [0.3, 0.4) is 0 Å².